The molecule has 1 aromatic carbocycles. The van der Waals surface area contributed by atoms with Gasteiger partial charge in [-0.25, -0.2) is 0 Å². The average Bonchev–Trinajstić information content (AvgIpc) is 2.30. The highest BCUT2D eigenvalue weighted by atomic mass is 35.5. The number of nitrogens with zero attached hydrogens (tertiary/aromatic N) is 1. The van der Waals surface area contributed by atoms with Gasteiger partial charge in [-0.2, -0.15) is 0 Å². The summed E-state index contributed by atoms with van der Waals surface area (Å²) < 4.78 is 0. The molecule has 88 valence electrons. The Kier molecular flexibility index (Phi) is 3.41. The monoisotopic (exact) mass is 267 g/mol. The van der Waals surface area contributed by atoms with Crippen LogP contribution in [0.25, 0.3) is 0 Å². The molecule has 0 radical (unpaired) electrons. The molecular formula is C12H11Cl2N3. The number of anilines is 2. The van der Waals surface area contributed by atoms with Crippen LogP contribution in [0.4, 0.5) is 11.4 Å². The van der Waals surface area contributed by atoms with Crippen molar-refractivity contribution in [1.29, 1.82) is 0 Å². The Labute approximate surface area is 109 Å². The third-order valence-electron chi connectivity index (χ3n) is 2.47. The van der Waals surface area contributed by atoms with Crippen LogP contribution in [-0.2, 0) is 6.42 Å². The van der Waals surface area contributed by atoms with Crippen LogP contribution in [0.3, 0.4) is 0 Å². The van der Waals surface area contributed by atoms with Gasteiger partial charge in [0.15, 0.2) is 0 Å². The number of benzene rings is 1. The molecule has 5 heteroatoms. The maximum absolute atomic E-state index is 6.08. The first-order valence-corrected chi connectivity index (χ1v) is 5.76. The fourth-order valence-electron chi connectivity index (χ4n) is 1.53. The van der Waals surface area contributed by atoms with Crippen LogP contribution in [0.5, 0.6) is 0 Å². The van der Waals surface area contributed by atoms with E-state index < -0.39 is 0 Å². The van der Waals surface area contributed by atoms with Gasteiger partial charge < -0.3 is 11.5 Å². The predicted molar refractivity (Wildman–Crippen MR) is 72.3 cm³/mol. The zero-order valence-electron chi connectivity index (χ0n) is 8.95. The topological polar surface area (TPSA) is 64.9 Å². The van der Waals surface area contributed by atoms with Crippen molar-refractivity contribution in [3.05, 3.63) is 51.8 Å². The van der Waals surface area contributed by atoms with Gasteiger partial charge in [0.2, 0.25) is 0 Å². The molecule has 0 aliphatic rings. The number of hydrogen-bond donors (Lipinski definition) is 2. The molecule has 0 saturated carbocycles. The number of halogens is 2. The Morgan fingerprint density at radius 1 is 1.12 bits per heavy atom. The summed E-state index contributed by atoms with van der Waals surface area (Å²) in [6.07, 6.45) is 2.13. The van der Waals surface area contributed by atoms with Crippen molar-refractivity contribution >= 4 is 34.6 Å². The van der Waals surface area contributed by atoms with Gasteiger partial charge in [-0.1, -0.05) is 23.2 Å². The lowest BCUT2D eigenvalue weighted by atomic mass is 10.1. The predicted octanol–water partition coefficient (Wildman–Crippen LogP) is 3.14. The largest absolute Gasteiger partial charge is 0.397 e. The highest BCUT2D eigenvalue weighted by Gasteiger charge is 2.08. The van der Waals surface area contributed by atoms with Gasteiger partial charge >= 0.3 is 0 Å². The maximum atomic E-state index is 6.08. The van der Waals surface area contributed by atoms with Gasteiger partial charge in [0.05, 0.1) is 17.1 Å². The van der Waals surface area contributed by atoms with E-state index >= 15 is 0 Å². The molecule has 0 aliphatic heterocycles. The van der Waals surface area contributed by atoms with Gasteiger partial charge in [0.25, 0.3) is 0 Å². The molecule has 1 heterocycles. The SMILES string of the molecule is Nc1ccnc(Cc2cc(Cl)ccc2Cl)c1N. The maximum Gasteiger partial charge on any atom is 0.0770 e. The lowest BCUT2D eigenvalue weighted by Crippen LogP contribution is -2.03. The lowest BCUT2D eigenvalue weighted by molar-refractivity contribution is 1.08. The summed E-state index contributed by atoms with van der Waals surface area (Å²) >= 11 is 12.0. The number of aromatic nitrogens is 1. The average molecular weight is 268 g/mol. The third kappa shape index (κ3) is 2.62. The second-order valence-electron chi connectivity index (χ2n) is 3.67. The number of nitrogens with two attached hydrogens (primary N) is 2. The van der Waals surface area contributed by atoms with Crippen molar-refractivity contribution in [2.45, 2.75) is 6.42 Å². The van der Waals surface area contributed by atoms with Crippen molar-refractivity contribution in [2.24, 2.45) is 0 Å². The minimum atomic E-state index is 0.489. The number of nitrogen functional groups attached to an aromatic ring is 2. The third-order valence-corrected chi connectivity index (χ3v) is 3.08. The van der Waals surface area contributed by atoms with Crippen LogP contribution in [0, 0.1) is 0 Å². The van der Waals surface area contributed by atoms with Crippen molar-refractivity contribution in [2.75, 3.05) is 11.5 Å². The summed E-state index contributed by atoms with van der Waals surface area (Å²) in [5.74, 6) is 0. The van der Waals surface area contributed by atoms with Gasteiger partial charge in [0.1, 0.15) is 0 Å². The van der Waals surface area contributed by atoms with Gasteiger partial charge in [0, 0.05) is 22.7 Å². The molecule has 0 spiro atoms. The second-order valence-corrected chi connectivity index (χ2v) is 4.52. The highest BCUT2D eigenvalue weighted by molar-refractivity contribution is 6.33. The summed E-state index contributed by atoms with van der Waals surface area (Å²) in [5.41, 5.74) is 14.2. The van der Waals surface area contributed by atoms with E-state index in [1.54, 1.807) is 30.5 Å². The summed E-state index contributed by atoms with van der Waals surface area (Å²) in [5, 5.41) is 1.27. The van der Waals surface area contributed by atoms with Crippen LogP contribution < -0.4 is 11.5 Å². The van der Waals surface area contributed by atoms with E-state index in [9.17, 15) is 0 Å². The van der Waals surface area contributed by atoms with Crippen LogP contribution in [0.15, 0.2) is 30.5 Å². The fourth-order valence-corrected chi connectivity index (χ4v) is 1.91. The molecule has 0 aliphatic carbocycles. The normalized spacial score (nSPS) is 10.5. The molecule has 4 N–H and O–H groups in total. The first-order valence-electron chi connectivity index (χ1n) is 5.00. The molecule has 0 atom stereocenters. The van der Waals surface area contributed by atoms with E-state index in [2.05, 4.69) is 4.98 Å². The van der Waals surface area contributed by atoms with Gasteiger partial charge in [-0.05, 0) is 29.8 Å². The van der Waals surface area contributed by atoms with Gasteiger partial charge in [-0.3, -0.25) is 4.98 Å². The molecule has 17 heavy (non-hydrogen) atoms. The Hall–Kier alpha value is -1.45. The minimum Gasteiger partial charge on any atom is -0.397 e. The molecule has 3 nitrogen and oxygen atoms in total. The zero-order valence-corrected chi connectivity index (χ0v) is 10.5. The van der Waals surface area contributed by atoms with Crippen molar-refractivity contribution in [3.8, 4) is 0 Å². The summed E-state index contributed by atoms with van der Waals surface area (Å²) in [4.78, 5) is 4.20. The molecule has 2 aromatic rings. The Bertz CT molecular complexity index is 555. The van der Waals surface area contributed by atoms with Crippen LogP contribution in [-0.4, -0.2) is 4.98 Å². The fraction of sp³-hybridized carbons (Fsp3) is 0.0833. The van der Waals surface area contributed by atoms with Crippen molar-refractivity contribution in [3.63, 3.8) is 0 Å². The van der Waals surface area contributed by atoms with E-state index in [0.29, 0.717) is 33.5 Å². The van der Waals surface area contributed by atoms with Crippen LogP contribution in [0.1, 0.15) is 11.3 Å². The van der Waals surface area contributed by atoms with Gasteiger partial charge in [-0.15, -0.1) is 0 Å². The van der Waals surface area contributed by atoms with E-state index in [-0.39, 0.29) is 0 Å². The number of pyridine rings is 1. The van der Waals surface area contributed by atoms with E-state index in [1.807, 2.05) is 0 Å². The highest BCUT2D eigenvalue weighted by Crippen LogP contribution is 2.26. The Morgan fingerprint density at radius 3 is 2.65 bits per heavy atom. The minimum absolute atomic E-state index is 0.489. The molecule has 0 fully saturated rings. The molecule has 0 bridgehead atoms. The Balaban J connectivity index is 2.38. The first kappa shape index (κ1) is 12.0. The van der Waals surface area contributed by atoms with Crippen LogP contribution >= 0.6 is 23.2 Å². The number of rotatable bonds is 2. The molecule has 0 amide bonds. The van der Waals surface area contributed by atoms with Crippen molar-refractivity contribution in [1.82, 2.24) is 4.98 Å². The van der Waals surface area contributed by atoms with E-state index in [0.717, 1.165) is 5.56 Å². The molecule has 1 aromatic heterocycles. The van der Waals surface area contributed by atoms with E-state index in [4.69, 9.17) is 34.7 Å². The molecule has 0 saturated heterocycles. The lowest BCUT2D eigenvalue weighted by Gasteiger charge is -2.08. The standard InChI is InChI=1S/C12H11Cl2N3/c13-8-1-2-9(14)7(5-8)6-11-12(16)10(15)3-4-17-11/h1-5H,6,16H2,(H2,15,17). The van der Waals surface area contributed by atoms with E-state index in [1.165, 1.54) is 0 Å². The summed E-state index contributed by atoms with van der Waals surface area (Å²) in [6.45, 7) is 0. The molecule has 2 rings (SSSR count). The molecule has 0 unspecified atom stereocenters. The summed E-state index contributed by atoms with van der Waals surface area (Å²) in [6, 6.07) is 6.96. The van der Waals surface area contributed by atoms with Crippen molar-refractivity contribution < 1.29 is 0 Å². The smallest absolute Gasteiger partial charge is 0.0770 e. The number of hydrogen-bond acceptors (Lipinski definition) is 3. The zero-order chi connectivity index (χ0) is 12.4. The summed E-state index contributed by atoms with van der Waals surface area (Å²) in [7, 11) is 0. The first-order chi connectivity index (χ1) is 8.08. The second kappa shape index (κ2) is 4.82. The molecular weight excluding hydrogens is 257 g/mol. The quantitative estimate of drug-likeness (QED) is 0.879. The van der Waals surface area contributed by atoms with Crippen LogP contribution in [0.2, 0.25) is 10.0 Å². The Morgan fingerprint density at radius 2 is 1.88 bits per heavy atom.